The van der Waals surface area contributed by atoms with Crippen molar-refractivity contribution in [2.45, 2.75) is 38.3 Å². The summed E-state index contributed by atoms with van der Waals surface area (Å²) in [6.07, 6.45) is 3.03. The summed E-state index contributed by atoms with van der Waals surface area (Å²) < 4.78 is 28.7. The van der Waals surface area contributed by atoms with Crippen LogP contribution in [0.25, 0.3) is 0 Å². The smallest absolute Gasteiger partial charge is 0.387 e. The monoisotopic (exact) mass is 408 g/mol. The minimum atomic E-state index is -2.85. The number of nitrogens with zero attached hydrogens (tertiary/aromatic N) is 1. The molecule has 5 nitrogen and oxygen atoms in total. The Morgan fingerprint density at radius 3 is 2.68 bits per heavy atom. The number of carbonyl (C=O) groups excluding carboxylic acids is 2. The van der Waals surface area contributed by atoms with Crippen LogP contribution in [0.4, 0.5) is 8.78 Å². The predicted molar refractivity (Wildman–Crippen MR) is 103 cm³/mol. The van der Waals surface area contributed by atoms with E-state index < -0.39 is 12.7 Å². The van der Waals surface area contributed by atoms with Crippen LogP contribution < -0.4 is 10.1 Å². The molecule has 3 rings (SSSR count). The highest BCUT2D eigenvalue weighted by atomic mass is 32.1. The molecule has 1 aromatic heterocycles. The number of nitrogens with one attached hydrogen (secondary N) is 1. The molecule has 2 heterocycles. The van der Waals surface area contributed by atoms with Gasteiger partial charge in [0.25, 0.3) is 5.91 Å². The summed E-state index contributed by atoms with van der Waals surface area (Å²) in [6, 6.07) is 9.49. The second-order valence-electron chi connectivity index (χ2n) is 6.55. The van der Waals surface area contributed by atoms with Crippen LogP contribution in [0, 0.1) is 0 Å². The number of ether oxygens (including phenoxy) is 1. The van der Waals surface area contributed by atoms with E-state index in [0.717, 1.165) is 18.4 Å². The molecule has 1 atom stereocenters. The zero-order valence-electron chi connectivity index (χ0n) is 15.3. The molecule has 1 N–H and O–H groups in total. The molecule has 28 heavy (non-hydrogen) atoms. The molecule has 1 saturated heterocycles. The van der Waals surface area contributed by atoms with Crippen molar-refractivity contribution in [3.05, 3.63) is 52.2 Å². The van der Waals surface area contributed by atoms with Gasteiger partial charge in [-0.15, -0.1) is 11.3 Å². The SMILES string of the molecule is O=C(NCCc1ccc(OC(F)F)cc1)C1CCCCN1C(=O)c1cccs1. The number of halogens is 2. The number of carbonyl (C=O) groups is 2. The van der Waals surface area contributed by atoms with E-state index in [1.165, 1.54) is 23.5 Å². The zero-order valence-corrected chi connectivity index (χ0v) is 16.1. The molecule has 0 aliphatic carbocycles. The van der Waals surface area contributed by atoms with Crippen molar-refractivity contribution in [1.29, 1.82) is 0 Å². The number of rotatable bonds is 7. The van der Waals surface area contributed by atoms with Gasteiger partial charge in [-0.25, -0.2) is 0 Å². The van der Waals surface area contributed by atoms with Gasteiger partial charge in [0.2, 0.25) is 5.91 Å². The topological polar surface area (TPSA) is 58.6 Å². The predicted octanol–water partition coefficient (Wildman–Crippen LogP) is 3.70. The first kappa shape index (κ1) is 20.3. The van der Waals surface area contributed by atoms with Crippen LogP contribution in [0.5, 0.6) is 5.75 Å². The third-order valence-electron chi connectivity index (χ3n) is 4.66. The van der Waals surface area contributed by atoms with Crippen LogP contribution >= 0.6 is 11.3 Å². The Morgan fingerprint density at radius 2 is 2.00 bits per heavy atom. The minimum absolute atomic E-state index is 0.0931. The van der Waals surface area contributed by atoms with Gasteiger partial charge in [-0.2, -0.15) is 8.78 Å². The fourth-order valence-corrected chi connectivity index (χ4v) is 3.95. The van der Waals surface area contributed by atoms with Crippen LogP contribution in [-0.4, -0.2) is 42.5 Å². The number of amides is 2. The maximum atomic E-state index is 12.7. The molecular weight excluding hydrogens is 386 g/mol. The molecule has 2 amide bonds. The van der Waals surface area contributed by atoms with E-state index in [-0.39, 0.29) is 17.6 Å². The summed E-state index contributed by atoms with van der Waals surface area (Å²) in [7, 11) is 0. The molecular formula is C20H22F2N2O3S. The van der Waals surface area contributed by atoms with Gasteiger partial charge >= 0.3 is 6.61 Å². The van der Waals surface area contributed by atoms with E-state index in [1.54, 1.807) is 23.1 Å². The van der Waals surface area contributed by atoms with Gasteiger partial charge in [-0.3, -0.25) is 9.59 Å². The first-order valence-corrected chi connectivity index (χ1v) is 10.1. The van der Waals surface area contributed by atoms with E-state index in [9.17, 15) is 18.4 Å². The third-order valence-corrected chi connectivity index (χ3v) is 5.52. The lowest BCUT2D eigenvalue weighted by Crippen LogP contribution is -2.52. The van der Waals surface area contributed by atoms with E-state index in [2.05, 4.69) is 10.1 Å². The summed E-state index contributed by atoms with van der Waals surface area (Å²) in [5.41, 5.74) is 0.900. The maximum absolute atomic E-state index is 12.7. The van der Waals surface area contributed by atoms with Gasteiger partial charge < -0.3 is 15.0 Å². The molecule has 1 aliphatic heterocycles. The van der Waals surface area contributed by atoms with Gasteiger partial charge in [-0.1, -0.05) is 18.2 Å². The number of hydrogen-bond acceptors (Lipinski definition) is 4. The van der Waals surface area contributed by atoms with Crippen molar-refractivity contribution in [2.24, 2.45) is 0 Å². The number of piperidine rings is 1. The van der Waals surface area contributed by atoms with Crippen molar-refractivity contribution in [3.8, 4) is 5.75 Å². The lowest BCUT2D eigenvalue weighted by atomic mass is 10.0. The summed E-state index contributed by atoms with van der Waals surface area (Å²) in [4.78, 5) is 27.6. The summed E-state index contributed by atoms with van der Waals surface area (Å²) in [6.45, 7) is -1.85. The summed E-state index contributed by atoms with van der Waals surface area (Å²) in [5, 5.41) is 4.75. The number of likely N-dealkylation sites (tertiary alicyclic amines) is 1. The van der Waals surface area contributed by atoms with Gasteiger partial charge in [0.1, 0.15) is 11.8 Å². The Balaban J connectivity index is 1.52. The second-order valence-corrected chi connectivity index (χ2v) is 7.50. The quantitative estimate of drug-likeness (QED) is 0.760. The highest BCUT2D eigenvalue weighted by Gasteiger charge is 2.32. The third kappa shape index (κ3) is 5.28. The van der Waals surface area contributed by atoms with Crippen molar-refractivity contribution < 1.29 is 23.1 Å². The number of benzene rings is 1. The summed E-state index contributed by atoms with van der Waals surface area (Å²) >= 11 is 1.38. The second kappa shape index (κ2) is 9.64. The van der Waals surface area contributed by atoms with E-state index >= 15 is 0 Å². The van der Waals surface area contributed by atoms with Crippen LogP contribution in [0.15, 0.2) is 41.8 Å². The molecule has 1 unspecified atom stereocenters. The Morgan fingerprint density at radius 1 is 1.21 bits per heavy atom. The average molecular weight is 408 g/mol. The standard InChI is InChI=1S/C20H22F2N2O3S/c21-20(22)27-15-8-6-14(7-9-15)10-11-23-18(25)16-4-1-2-12-24(16)19(26)17-5-3-13-28-17/h3,5-9,13,16,20H,1-2,4,10-12H2,(H,23,25). The molecule has 1 aliphatic rings. The molecule has 0 spiro atoms. The van der Waals surface area contributed by atoms with E-state index in [4.69, 9.17) is 0 Å². The Bertz CT molecular complexity index is 781. The normalized spacial score (nSPS) is 16.8. The Kier molecular flexibility index (Phi) is 6.97. The largest absolute Gasteiger partial charge is 0.435 e. The molecule has 1 fully saturated rings. The van der Waals surface area contributed by atoms with Crippen molar-refractivity contribution in [3.63, 3.8) is 0 Å². The minimum Gasteiger partial charge on any atom is -0.435 e. The molecule has 0 bridgehead atoms. The summed E-state index contributed by atoms with van der Waals surface area (Å²) in [5.74, 6) is -0.139. The number of thiophene rings is 1. The molecule has 0 radical (unpaired) electrons. The molecule has 1 aromatic carbocycles. The van der Waals surface area contributed by atoms with Crippen LogP contribution in [0.2, 0.25) is 0 Å². The van der Waals surface area contributed by atoms with Crippen LogP contribution in [-0.2, 0) is 11.2 Å². The number of hydrogen-bond donors (Lipinski definition) is 1. The fourth-order valence-electron chi connectivity index (χ4n) is 3.27. The van der Waals surface area contributed by atoms with Crippen molar-refractivity contribution in [2.75, 3.05) is 13.1 Å². The van der Waals surface area contributed by atoms with E-state index in [1.807, 2.05) is 11.4 Å². The van der Waals surface area contributed by atoms with Crippen LogP contribution in [0.3, 0.4) is 0 Å². The highest BCUT2D eigenvalue weighted by molar-refractivity contribution is 7.12. The van der Waals surface area contributed by atoms with Gasteiger partial charge in [0.05, 0.1) is 4.88 Å². The molecule has 0 saturated carbocycles. The van der Waals surface area contributed by atoms with E-state index in [0.29, 0.717) is 30.8 Å². The average Bonchev–Trinajstić information content (AvgIpc) is 3.23. The fraction of sp³-hybridized carbons (Fsp3) is 0.400. The van der Waals surface area contributed by atoms with Crippen LogP contribution in [0.1, 0.15) is 34.5 Å². The number of alkyl halides is 2. The maximum Gasteiger partial charge on any atom is 0.387 e. The van der Waals surface area contributed by atoms with Gasteiger partial charge in [0, 0.05) is 13.1 Å². The molecule has 150 valence electrons. The lowest BCUT2D eigenvalue weighted by molar-refractivity contribution is -0.126. The zero-order chi connectivity index (χ0) is 19.9. The first-order chi connectivity index (χ1) is 13.5. The van der Waals surface area contributed by atoms with Gasteiger partial charge in [-0.05, 0) is 54.8 Å². The highest BCUT2D eigenvalue weighted by Crippen LogP contribution is 2.22. The Hall–Kier alpha value is -2.48. The first-order valence-electron chi connectivity index (χ1n) is 9.20. The van der Waals surface area contributed by atoms with Crippen molar-refractivity contribution in [1.82, 2.24) is 10.2 Å². The Labute approximate surface area is 166 Å². The van der Waals surface area contributed by atoms with Gasteiger partial charge in [0.15, 0.2) is 0 Å². The molecule has 8 heteroatoms. The van der Waals surface area contributed by atoms with Crippen molar-refractivity contribution >= 4 is 23.2 Å². The molecule has 2 aromatic rings. The lowest BCUT2D eigenvalue weighted by Gasteiger charge is -2.34.